The Labute approximate surface area is 90.6 Å². The lowest BCUT2D eigenvalue weighted by molar-refractivity contribution is 0.649. The average molecular weight is 206 g/mol. The van der Waals surface area contributed by atoms with Gasteiger partial charge in [-0.25, -0.2) is 4.98 Å². The second-order valence-corrected chi connectivity index (χ2v) is 3.86. The van der Waals surface area contributed by atoms with Crippen molar-refractivity contribution < 1.29 is 0 Å². The number of nitrogens with two attached hydrogens (primary N) is 2. The Morgan fingerprint density at radius 3 is 2.73 bits per heavy atom. The zero-order valence-electron chi connectivity index (χ0n) is 9.27. The van der Waals surface area contributed by atoms with Crippen LogP contribution in [-0.2, 0) is 0 Å². The molecule has 1 heterocycles. The second-order valence-electron chi connectivity index (χ2n) is 3.86. The Hall–Kier alpha value is -1.71. The van der Waals surface area contributed by atoms with Gasteiger partial charge >= 0.3 is 0 Å². The summed E-state index contributed by atoms with van der Waals surface area (Å²) in [6, 6.07) is 1.84. The standard InChI is InChI=1S/C11H18N4/c1-4-15(7-8(2)3)9-5-6-14-11(13)10(9)12/h4-6,8H,1,7,12H2,2-3H3,(H2,13,14). The predicted octanol–water partition coefficient (Wildman–Crippen LogP) is 1.85. The number of nitrogen functional groups attached to an aromatic ring is 2. The van der Waals surface area contributed by atoms with E-state index in [1.54, 1.807) is 12.4 Å². The Morgan fingerprint density at radius 1 is 1.53 bits per heavy atom. The maximum absolute atomic E-state index is 5.86. The van der Waals surface area contributed by atoms with Gasteiger partial charge in [-0.05, 0) is 18.2 Å². The summed E-state index contributed by atoms with van der Waals surface area (Å²) in [6.45, 7) is 8.90. The minimum atomic E-state index is 0.364. The zero-order chi connectivity index (χ0) is 11.4. The van der Waals surface area contributed by atoms with E-state index in [4.69, 9.17) is 11.5 Å². The first kappa shape index (κ1) is 11.4. The summed E-state index contributed by atoms with van der Waals surface area (Å²) in [5.74, 6) is 0.889. The van der Waals surface area contributed by atoms with Crippen LogP contribution in [0.2, 0.25) is 0 Å². The van der Waals surface area contributed by atoms with Crippen molar-refractivity contribution in [2.45, 2.75) is 13.8 Å². The number of pyridine rings is 1. The molecule has 4 nitrogen and oxygen atoms in total. The van der Waals surface area contributed by atoms with Crippen LogP contribution < -0.4 is 16.4 Å². The number of aromatic nitrogens is 1. The molecule has 1 aromatic rings. The summed E-state index contributed by atoms with van der Waals surface area (Å²) in [5, 5.41) is 0. The number of rotatable bonds is 4. The van der Waals surface area contributed by atoms with Crippen molar-refractivity contribution in [3.8, 4) is 0 Å². The van der Waals surface area contributed by atoms with Crippen LogP contribution in [0.1, 0.15) is 13.8 Å². The lowest BCUT2D eigenvalue weighted by Gasteiger charge is -2.23. The largest absolute Gasteiger partial charge is 0.394 e. The fraction of sp³-hybridized carbons (Fsp3) is 0.364. The maximum atomic E-state index is 5.86. The highest BCUT2D eigenvalue weighted by atomic mass is 15.1. The van der Waals surface area contributed by atoms with E-state index in [1.807, 2.05) is 11.0 Å². The molecule has 0 saturated heterocycles. The molecule has 0 amide bonds. The van der Waals surface area contributed by atoms with Gasteiger partial charge in [0.1, 0.15) is 5.82 Å². The summed E-state index contributed by atoms with van der Waals surface area (Å²) in [6.07, 6.45) is 3.41. The van der Waals surface area contributed by atoms with Gasteiger partial charge < -0.3 is 16.4 Å². The van der Waals surface area contributed by atoms with Crippen LogP contribution in [0.5, 0.6) is 0 Å². The molecule has 1 aromatic heterocycles. The molecule has 1 rings (SSSR count). The van der Waals surface area contributed by atoms with Gasteiger partial charge in [-0.3, -0.25) is 0 Å². The van der Waals surface area contributed by atoms with Crippen molar-refractivity contribution in [2.24, 2.45) is 5.92 Å². The summed E-state index contributed by atoms with van der Waals surface area (Å²) >= 11 is 0. The summed E-state index contributed by atoms with van der Waals surface area (Å²) in [7, 11) is 0. The summed E-state index contributed by atoms with van der Waals surface area (Å²) < 4.78 is 0. The van der Waals surface area contributed by atoms with Crippen LogP contribution in [0.15, 0.2) is 25.0 Å². The van der Waals surface area contributed by atoms with Crippen LogP contribution in [0, 0.1) is 5.92 Å². The highest BCUT2D eigenvalue weighted by Crippen LogP contribution is 2.27. The van der Waals surface area contributed by atoms with Gasteiger partial charge in [-0.15, -0.1) is 0 Å². The Morgan fingerprint density at radius 2 is 2.20 bits per heavy atom. The van der Waals surface area contributed by atoms with E-state index in [0.717, 1.165) is 12.2 Å². The van der Waals surface area contributed by atoms with Gasteiger partial charge in [0.25, 0.3) is 0 Å². The Kier molecular flexibility index (Phi) is 3.55. The first-order valence-corrected chi connectivity index (χ1v) is 4.95. The van der Waals surface area contributed by atoms with E-state index in [2.05, 4.69) is 25.4 Å². The van der Waals surface area contributed by atoms with Gasteiger partial charge in [0.05, 0.1) is 11.4 Å². The van der Waals surface area contributed by atoms with Gasteiger partial charge in [0.2, 0.25) is 0 Å². The molecule has 0 aliphatic carbocycles. The SMILES string of the molecule is C=CN(CC(C)C)c1ccnc(N)c1N. The minimum absolute atomic E-state index is 0.364. The maximum Gasteiger partial charge on any atom is 0.148 e. The van der Waals surface area contributed by atoms with Gasteiger partial charge in [0, 0.05) is 12.7 Å². The summed E-state index contributed by atoms with van der Waals surface area (Å²) in [5.41, 5.74) is 12.9. The lowest BCUT2D eigenvalue weighted by atomic mass is 10.2. The molecule has 0 radical (unpaired) electrons. The average Bonchev–Trinajstić information content (AvgIpc) is 2.19. The Balaban J connectivity index is 3.01. The molecule has 0 spiro atoms. The van der Waals surface area contributed by atoms with Crippen molar-refractivity contribution in [2.75, 3.05) is 22.9 Å². The topological polar surface area (TPSA) is 68.2 Å². The van der Waals surface area contributed by atoms with Crippen LogP contribution in [0.4, 0.5) is 17.2 Å². The Bertz CT molecular complexity index is 346. The van der Waals surface area contributed by atoms with Crippen molar-refractivity contribution in [3.63, 3.8) is 0 Å². The molecule has 0 atom stereocenters. The molecule has 82 valence electrons. The number of hydrogen-bond acceptors (Lipinski definition) is 4. The minimum Gasteiger partial charge on any atom is -0.394 e. The first-order valence-electron chi connectivity index (χ1n) is 4.95. The number of hydrogen-bond donors (Lipinski definition) is 2. The molecule has 4 heteroatoms. The van der Waals surface area contributed by atoms with E-state index in [1.165, 1.54) is 0 Å². The normalized spacial score (nSPS) is 10.3. The van der Waals surface area contributed by atoms with Gasteiger partial charge in [0.15, 0.2) is 0 Å². The molecular formula is C11H18N4. The van der Waals surface area contributed by atoms with Crippen molar-refractivity contribution in [1.82, 2.24) is 4.98 Å². The van der Waals surface area contributed by atoms with E-state index in [9.17, 15) is 0 Å². The molecule has 15 heavy (non-hydrogen) atoms. The van der Waals surface area contributed by atoms with Crippen LogP contribution in [0.25, 0.3) is 0 Å². The molecule has 0 bridgehead atoms. The lowest BCUT2D eigenvalue weighted by Crippen LogP contribution is -2.22. The predicted molar refractivity (Wildman–Crippen MR) is 65.4 cm³/mol. The van der Waals surface area contributed by atoms with Crippen LogP contribution in [-0.4, -0.2) is 11.5 Å². The van der Waals surface area contributed by atoms with Gasteiger partial charge in [-0.1, -0.05) is 20.4 Å². The first-order chi connectivity index (χ1) is 7.06. The van der Waals surface area contributed by atoms with Crippen molar-refractivity contribution >= 4 is 17.2 Å². The third-order valence-electron chi connectivity index (χ3n) is 2.09. The molecule has 0 aliphatic rings. The molecular weight excluding hydrogens is 188 g/mol. The summed E-state index contributed by atoms with van der Waals surface area (Å²) in [4.78, 5) is 5.91. The van der Waals surface area contributed by atoms with Crippen LogP contribution in [0.3, 0.4) is 0 Å². The molecule has 0 aromatic carbocycles. The molecule has 0 fully saturated rings. The van der Waals surface area contributed by atoms with E-state index in [0.29, 0.717) is 17.4 Å². The van der Waals surface area contributed by atoms with Crippen LogP contribution >= 0.6 is 0 Å². The van der Waals surface area contributed by atoms with Crippen molar-refractivity contribution in [3.05, 3.63) is 25.0 Å². The second kappa shape index (κ2) is 4.68. The molecule has 4 N–H and O–H groups in total. The highest BCUT2D eigenvalue weighted by Gasteiger charge is 2.10. The molecule has 0 saturated carbocycles. The van der Waals surface area contributed by atoms with E-state index in [-0.39, 0.29) is 0 Å². The molecule has 0 aliphatic heterocycles. The van der Waals surface area contributed by atoms with Gasteiger partial charge in [-0.2, -0.15) is 0 Å². The molecule has 0 unspecified atom stereocenters. The zero-order valence-corrected chi connectivity index (χ0v) is 9.27. The smallest absolute Gasteiger partial charge is 0.148 e. The van der Waals surface area contributed by atoms with E-state index < -0.39 is 0 Å². The highest BCUT2D eigenvalue weighted by molar-refractivity contribution is 5.77. The third-order valence-corrected chi connectivity index (χ3v) is 2.09. The quantitative estimate of drug-likeness (QED) is 0.789. The fourth-order valence-corrected chi connectivity index (χ4v) is 1.39. The monoisotopic (exact) mass is 206 g/mol. The van der Waals surface area contributed by atoms with Crippen molar-refractivity contribution in [1.29, 1.82) is 0 Å². The fourth-order valence-electron chi connectivity index (χ4n) is 1.39. The number of anilines is 3. The van der Waals surface area contributed by atoms with E-state index >= 15 is 0 Å². The third kappa shape index (κ3) is 2.62. The number of nitrogens with zero attached hydrogens (tertiary/aromatic N) is 2.